The number of carbonyl (C=O) groups is 1. The minimum Gasteiger partial charge on any atom is -0.497 e. The summed E-state index contributed by atoms with van der Waals surface area (Å²) < 4.78 is 11.4. The van der Waals surface area contributed by atoms with E-state index in [9.17, 15) is 4.79 Å². The Morgan fingerprint density at radius 1 is 1.26 bits per heavy atom. The SMILES string of the molecule is C=C(C)CCOc1cc(OC)cc2c1C(=O)N(C(C)c1ccccc1)CC2. The number of fused-ring (bicyclic) bond motifs is 1. The van der Waals surface area contributed by atoms with Crippen molar-refractivity contribution in [3.63, 3.8) is 0 Å². The highest BCUT2D eigenvalue weighted by molar-refractivity contribution is 6.00. The summed E-state index contributed by atoms with van der Waals surface area (Å²) in [5.41, 5.74) is 3.83. The first-order chi connectivity index (χ1) is 13.0. The zero-order valence-corrected chi connectivity index (χ0v) is 16.3. The summed E-state index contributed by atoms with van der Waals surface area (Å²) >= 11 is 0. The van der Waals surface area contributed by atoms with Crippen LogP contribution >= 0.6 is 0 Å². The number of benzene rings is 2. The third-order valence-corrected chi connectivity index (χ3v) is 5.03. The first-order valence-corrected chi connectivity index (χ1v) is 9.35. The number of amides is 1. The number of hydrogen-bond acceptors (Lipinski definition) is 3. The van der Waals surface area contributed by atoms with Crippen LogP contribution in [0.25, 0.3) is 0 Å². The summed E-state index contributed by atoms with van der Waals surface area (Å²) in [4.78, 5) is 15.3. The molecule has 1 heterocycles. The molecule has 1 amide bonds. The van der Waals surface area contributed by atoms with Crippen LogP contribution < -0.4 is 9.47 Å². The Morgan fingerprint density at radius 2 is 2.00 bits per heavy atom. The minimum absolute atomic E-state index is 0.0113. The molecule has 27 heavy (non-hydrogen) atoms. The van der Waals surface area contributed by atoms with Gasteiger partial charge in [-0.05, 0) is 37.5 Å². The Labute approximate surface area is 161 Å². The van der Waals surface area contributed by atoms with Gasteiger partial charge in [0, 0.05) is 19.0 Å². The van der Waals surface area contributed by atoms with Crippen molar-refractivity contribution in [3.8, 4) is 11.5 Å². The summed E-state index contributed by atoms with van der Waals surface area (Å²) in [6, 6.07) is 13.9. The summed E-state index contributed by atoms with van der Waals surface area (Å²) in [6.45, 7) is 9.13. The van der Waals surface area contributed by atoms with Crippen molar-refractivity contribution in [1.29, 1.82) is 0 Å². The quantitative estimate of drug-likeness (QED) is 0.662. The van der Waals surface area contributed by atoms with Crippen LogP contribution in [0.5, 0.6) is 11.5 Å². The summed E-state index contributed by atoms with van der Waals surface area (Å²) in [5, 5.41) is 0. The highest BCUT2D eigenvalue weighted by Crippen LogP contribution is 2.36. The number of hydrogen-bond donors (Lipinski definition) is 0. The van der Waals surface area contributed by atoms with Crippen molar-refractivity contribution in [1.82, 2.24) is 4.90 Å². The molecule has 0 saturated heterocycles. The van der Waals surface area contributed by atoms with Gasteiger partial charge in [-0.2, -0.15) is 0 Å². The highest BCUT2D eigenvalue weighted by Gasteiger charge is 2.32. The predicted molar refractivity (Wildman–Crippen MR) is 108 cm³/mol. The second kappa shape index (κ2) is 8.30. The number of nitrogens with zero attached hydrogens (tertiary/aromatic N) is 1. The van der Waals surface area contributed by atoms with Crippen LogP contribution in [0.15, 0.2) is 54.6 Å². The highest BCUT2D eigenvalue weighted by atomic mass is 16.5. The molecule has 1 unspecified atom stereocenters. The third-order valence-electron chi connectivity index (χ3n) is 5.03. The van der Waals surface area contributed by atoms with Gasteiger partial charge in [0.15, 0.2) is 0 Å². The van der Waals surface area contributed by atoms with Crippen LogP contribution in [0.2, 0.25) is 0 Å². The van der Waals surface area contributed by atoms with Crippen LogP contribution in [0.4, 0.5) is 0 Å². The molecule has 142 valence electrons. The van der Waals surface area contributed by atoms with Crippen molar-refractivity contribution in [2.24, 2.45) is 0 Å². The molecule has 0 aliphatic carbocycles. The summed E-state index contributed by atoms with van der Waals surface area (Å²) in [5.74, 6) is 1.33. The van der Waals surface area contributed by atoms with E-state index in [0.717, 1.165) is 35.3 Å². The summed E-state index contributed by atoms with van der Waals surface area (Å²) in [6.07, 6.45) is 1.54. The normalized spacial score (nSPS) is 14.5. The van der Waals surface area contributed by atoms with E-state index in [4.69, 9.17) is 9.47 Å². The number of ether oxygens (including phenoxy) is 2. The van der Waals surface area contributed by atoms with E-state index >= 15 is 0 Å². The van der Waals surface area contributed by atoms with Crippen LogP contribution in [0, 0.1) is 0 Å². The van der Waals surface area contributed by atoms with Crippen molar-refractivity contribution in [2.75, 3.05) is 20.3 Å². The Kier molecular flexibility index (Phi) is 5.84. The monoisotopic (exact) mass is 365 g/mol. The lowest BCUT2D eigenvalue weighted by atomic mass is 9.95. The lowest BCUT2D eigenvalue weighted by molar-refractivity contribution is 0.0667. The van der Waals surface area contributed by atoms with Crippen LogP contribution in [-0.2, 0) is 6.42 Å². The van der Waals surface area contributed by atoms with E-state index in [2.05, 4.69) is 25.6 Å². The van der Waals surface area contributed by atoms with Crippen LogP contribution in [0.1, 0.15) is 47.8 Å². The Balaban J connectivity index is 1.91. The van der Waals surface area contributed by atoms with Gasteiger partial charge < -0.3 is 14.4 Å². The van der Waals surface area contributed by atoms with E-state index in [0.29, 0.717) is 24.5 Å². The fourth-order valence-corrected chi connectivity index (χ4v) is 3.42. The molecule has 0 aromatic heterocycles. The molecule has 1 atom stereocenters. The zero-order valence-electron chi connectivity index (χ0n) is 16.3. The van der Waals surface area contributed by atoms with Gasteiger partial charge in [-0.3, -0.25) is 4.79 Å². The Hall–Kier alpha value is -2.75. The zero-order chi connectivity index (χ0) is 19.4. The average Bonchev–Trinajstić information content (AvgIpc) is 2.67. The maximum Gasteiger partial charge on any atom is 0.258 e. The fraction of sp³-hybridized carbons (Fsp3) is 0.348. The molecule has 0 radical (unpaired) electrons. The van der Waals surface area contributed by atoms with Gasteiger partial charge in [-0.1, -0.05) is 35.9 Å². The van der Waals surface area contributed by atoms with Gasteiger partial charge in [-0.25, -0.2) is 0 Å². The fourth-order valence-electron chi connectivity index (χ4n) is 3.42. The van der Waals surface area contributed by atoms with Crippen LogP contribution in [0.3, 0.4) is 0 Å². The minimum atomic E-state index is 0.0113. The molecule has 2 aromatic rings. The molecular formula is C23H27NO3. The predicted octanol–water partition coefficient (Wildman–Crippen LogP) is 4.80. The lowest BCUT2D eigenvalue weighted by Gasteiger charge is -2.34. The average molecular weight is 365 g/mol. The maximum absolute atomic E-state index is 13.3. The van der Waals surface area contributed by atoms with Gasteiger partial charge in [0.25, 0.3) is 5.91 Å². The van der Waals surface area contributed by atoms with E-state index in [1.54, 1.807) is 7.11 Å². The molecule has 0 bridgehead atoms. The van der Waals surface area contributed by atoms with Gasteiger partial charge in [0.1, 0.15) is 11.5 Å². The van der Waals surface area contributed by atoms with Gasteiger partial charge in [0.2, 0.25) is 0 Å². The molecule has 0 fully saturated rings. The third kappa shape index (κ3) is 4.16. The topological polar surface area (TPSA) is 38.8 Å². The first kappa shape index (κ1) is 19.0. The molecule has 2 aromatic carbocycles. The molecule has 4 nitrogen and oxygen atoms in total. The molecule has 1 aliphatic heterocycles. The van der Waals surface area contributed by atoms with Gasteiger partial charge in [-0.15, -0.1) is 6.58 Å². The molecule has 0 spiro atoms. The molecule has 3 rings (SSSR count). The van der Waals surface area contributed by atoms with E-state index in [-0.39, 0.29) is 11.9 Å². The maximum atomic E-state index is 13.3. The van der Waals surface area contributed by atoms with Crippen molar-refractivity contribution in [2.45, 2.75) is 32.7 Å². The van der Waals surface area contributed by atoms with Gasteiger partial charge >= 0.3 is 0 Å². The van der Waals surface area contributed by atoms with Crippen molar-refractivity contribution in [3.05, 3.63) is 71.3 Å². The van der Waals surface area contributed by atoms with E-state index < -0.39 is 0 Å². The standard InChI is InChI=1S/C23H27NO3/c1-16(2)11-13-27-21-15-20(26-4)14-19-10-12-24(23(25)22(19)21)17(3)18-8-6-5-7-9-18/h5-9,14-15,17H,1,10-13H2,2-4H3. The van der Waals surface area contributed by atoms with Crippen molar-refractivity contribution >= 4 is 5.91 Å². The Bertz CT molecular complexity index is 829. The largest absolute Gasteiger partial charge is 0.497 e. The van der Waals surface area contributed by atoms with E-state index in [1.807, 2.05) is 42.2 Å². The van der Waals surface area contributed by atoms with Crippen molar-refractivity contribution < 1.29 is 14.3 Å². The second-order valence-corrected chi connectivity index (χ2v) is 7.05. The number of carbonyl (C=O) groups excluding carboxylic acids is 1. The molecular weight excluding hydrogens is 338 g/mol. The smallest absolute Gasteiger partial charge is 0.258 e. The van der Waals surface area contributed by atoms with Crippen LogP contribution in [-0.4, -0.2) is 31.1 Å². The summed E-state index contributed by atoms with van der Waals surface area (Å²) in [7, 11) is 1.63. The first-order valence-electron chi connectivity index (χ1n) is 9.35. The Morgan fingerprint density at radius 3 is 2.67 bits per heavy atom. The molecule has 0 saturated carbocycles. The second-order valence-electron chi connectivity index (χ2n) is 7.05. The number of rotatable bonds is 7. The lowest BCUT2D eigenvalue weighted by Crippen LogP contribution is -2.39. The molecule has 0 N–H and O–H groups in total. The molecule has 1 aliphatic rings. The van der Waals surface area contributed by atoms with E-state index in [1.165, 1.54) is 0 Å². The van der Waals surface area contributed by atoms with Gasteiger partial charge in [0.05, 0.1) is 25.3 Å². The molecule has 4 heteroatoms. The number of methoxy groups -OCH3 is 1.